The predicted molar refractivity (Wildman–Crippen MR) is 149 cm³/mol. The normalized spacial score (nSPS) is 43.0. The number of rotatable bonds is 11. The molecule has 13 atom stereocenters. The second kappa shape index (κ2) is 14.2. The summed E-state index contributed by atoms with van der Waals surface area (Å²) in [5.41, 5.74) is 16.7. The first-order valence-corrected chi connectivity index (χ1v) is 14.6. The van der Waals surface area contributed by atoms with E-state index >= 15 is 0 Å². The van der Waals surface area contributed by atoms with E-state index in [1.807, 2.05) is 13.8 Å². The Bertz CT molecular complexity index is 850. The Morgan fingerprint density at radius 3 is 2.39 bits per heavy atom. The molecule has 0 aromatic rings. The third-order valence-electron chi connectivity index (χ3n) is 8.98. The molecule has 41 heavy (non-hydrogen) atoms. The molecule has 1 aliphatic carbocycles. The van der Waals surface area contributed by atoms with E-state index in [9.17, 15) is 25.2 Å². The molecule has 0 aromatic carbocycles. The summed E-state index contributed by atoms with van der Waals surface area (Å²) in [6, 6.07) is -2.71. The van der Waals surface area contributed by atoms with Crippen LogP contribution in [0.1, 0.15) is 59.8 Å². The van der Waals surface area contributed by atoms with Gasteiger partial charge in [0.25, 0.3) is 0 Å². The van der Waals surface area contributed by atoms with Gasteiger partial charge < -0.3 is 67.2 Å². The summed E-state index contributed by atoms with van der Waals surface area (Å²) in [6.45, 7) is 7.12. The van der Waals surface area contributed by atoms with Crippen molar-refractivity contribution in [3.8, 4) is 0 Å². The Labute approximate surface area is 242 Å². The van der Waals surface area contributed by atoms with E-state index in [1.165, 1.54) is 6.92 Å². The summed E-state index contributed by atoms with van der Waals surface area (Å²) >= 11 is 0. The fraction of sp³-hybridized carbons (Fsp3) is 0.963. The summed E-state index contributed by atoms with van der Waals surface area (Å²) in [4.78, 5) is 13.0. The zero-order valence-electron chi connectivity index (χ0n) is 24.9. The first-order valence-electron chi connectivity index (χ1n) is 14.6. The van der Waals surface area contributed by atoms with Gasteiger partial charge in [0.2, 0.25) is 5.91 Å². The van der Waals surface area contributed by atoms with Crippen molar-refractivity contribution in [1.82, 2.24) is 10.6 Å². The zero-order chi connectivity index (χ0) is 30.7. The Morgan fingerprint density at radius 2 is 1.78 bits per heavy atom. The molecule has 2 aliphatic heterocycles. The number of carbonyl (C=O) groups is 1. The minimum absolute atomic E-state index is 0.130. The molecule has 1 amide bonds. The highest BCUT2D eigenvalue weighted by Crippen LogP contribution is 2.33. The van der Waals surface area contributed by atoms with Gasteiger partial charge in [-0.3, -0.25) is 4.79 Å². The molecule has 3 rings (SSSR count). The van der Waals surface area contributed by atoms with Crippen LogP contribution in [0.25, 0.3) is 0 Å². The van der Waals surface area contributed by atoms with Crippen molar-refractivity contribution >= 4 is 5.91 Å². The van der Waals surface area contributed by atoms with Crippen LogP contribution >= 0.6 is 0 Å². The number of nitrogens with two attached hydrogens (primary N) is 3. The maximum Gasteiger partial charge on any atom is 0.220 e. The van der Waals surface area contributed by atoms with Crippen LogP contribution in [0.5, 0.6) is 0 Å². The fourth-order valence-electron chi connectivity index (χ4n) is 5.72. The molecule has 2 saturated heterocycles. The number of likely N-dealkylation sites (N-methyl/N-ethyl adjacent to an activating group) is 1. The molecule has 2 heterocycles. The van der Waals surface area contributed by atoms with Gasteiger partial charge in [0.05, 0.1) is 36.9 Å². The number of nitrogens with one attached hydrogen (secondary N) is 2. The van der Waals surface area contributed by atoms with Crippen molar-refractivity contribution in [2.75, 3.05) is 20.2 Å². The summed E-state index contributed by atoms with van der Waals surface area (Å²) in [5, 5.41) is 49.0. The summed E-state index contributed by atoms with van der Waals surface area (Å²) in [5.74, 6) is -0.305. The van der Waals surface area contributed by atoms with Crippen LogP contribution in [0.4, 0.5) is 0 Å². The smallest absolute Gasteiger partial charge is 0.220 e. The standard InChI is InChI=1S/C27H53N5O9/c1-13(33)26(2,3)9-8-18(34)32-17-10-16(30)21(40-24-15(29)7-6-14(11-28)39-24)19(35)22(17)41-25-20(36)23(31-5)27(4,37)12-38-25/h13-17,19-25,31,33,35-37H,6-12,28-30H2,1-5H3,(H,32,34)/t13?,14-,15+,16-,17+,19+,20-,21+,22-,23+,24-,25+,27-/m0/s1. The minimum atomic E-state index is -1.37. The van der Waals surface area contributed by atoms with Gasteiger partial charge in [-0.25, -0.2) is 0 Å². The van der Waals surface area contributed by atoms with E-state index in [-0.39, 0.29) is 31.5 Å². The highest BCUT2D eigenvalue weighted by Gasteiger charge is 2.51. The maximum atomic E-state index is 13.0. The van der Waals surface area contributed by atoms with Gasteiger partial charge in [0.1, 0.15) is 30.0 Å². The number of hydrogen-bond acceptors (Lipinski definition) is 13. The highest BCUT2D eigenvalue weighted by atomic mass is 16.7. The topological polar surface area (TPSA) is 237 Å². The lowest BCUT2D eigenvalue weighted by molar-refractivity contribution is -0.307. The zero-order valence-corrected chi connectivity index (χ0v) is 24.9. The lowest BCUT2D eigenvalue weighted by Gasteiger charge is -2.49. The van der Waals surface area contributed by atoms with Crippen molar-refractivity contribution in [2.24, 2.45) is 22.6 Å². The number of aliphatic hydroxyl groups is 4. The number of ether oxygens (including phenoxy) is 4. The van der Waals surface area contributed by atoms with Crippen molar-refractivity contribution in [2.45, 2.75) is 139 Å². The summed E-state index contributed by atoms with van der Waals surface area (Å²) in [6.07, 6.45) is -5.61. The molecule has 0 aromatic heterocycles. The third kappa shape index (κ3) is 8.34. The van der Waals surface area contributed by atoms with Crippen LogP contribution in [0.15, 0.2) is 0 Å². The lowest BCUT2D eigenvalue weighted by atomic mass is 9.82. The van der Waals surface area contributed by atoms with Crippen LogP contribution in [0, 0.1) is 5.41 Å². The summed E-state index contributed by atoms with van der Waals surface area (Å²) in [7, 11) is 1.60. The molecular formula is C27H53N5O9. The Balaban J connectivity index is 1.79. The number of carbonyl (C=O) groups excluding carboxylic acids is 1. The van der Waals surface area contributed by atoms with Crippen molar-refractivity contribution < 1.29 is 44.2 Å². The highest BCUT2D eigenvalue weighted by molar-refractivity contribution is 5.76. The minimum Gasteiger partial charge on any atom is -0.393 e. The van der Waals surface area contributed by atoms with Crippen molar-refractivity contribution in [3.63, 3.8) is 0 Å². The first-order chi connectivity index (χ1) is 19.1. The van der Waals surface area contributed by atoms with Crippen LogP contribution in [0.2, 0.25) is 0 Å². The Hall–Kier alpha value is -1.01. The summed E-state index contributed by atoms with van der Waals surface area (Å²) < 4.78 is 23.9. The Morgan fingerprint density at radius 1 is 1.12 bits per heavy atom. The van der Waals surface area contributed by atoms with Gasteiger partial charge in [0, 0.05) is 19.0 Å². The van der Waals surface area contributed by atoms with Crippen molar-refractivity contribution in [3.05, 3.63) is 0 Å². The molecule has 0 spiro atoms. The SMILES string of the molecule is CN[C@@H]1[C@H](O)[C@@H](O[C@@H]2[C@H](O)[C@H](O[C@@H]3O[C@H](CN)CC[C@H]3N)[C@@H](N)C[C@H]2NC(=O)CCC(C)(C)C(C)O)OC[C@]1(C)O. The number of aliphatic hydroxyl groups excluding tert-OH is 3. The number of hydrogen-bond donors (Lipinski definition) is 9. The second-order valence-corrected chi connectivity index (χ2v) is 12.8. The molecule has 3 fully saturated rings. The molecular weight excluding hydrogens is 538 g/mol. The van der Waals surface area contributed by atoms with E-state index in [1.54, 1.807) is 14.0 Å². The quantitative estimate of drug-likeness (QED) is 0.120. The molecule has 1 unspecified atom stereocenters. The van der Waals surface area contributed by atoms with Gasteiger partial charge >= 0.3 is 0 Å². The molecule has 1 saturated carbocycles. The second-order valence-electron chi connectivity index (χ2n) is 12.8. The average molecular weight is 592 g/mol. The van der Waals surface area contributed by atoms with Crippen LogP contribution < -0.4 is 27.8 Å². The number of amides is 1. The monoisotopic (exact) mass is 591 g/mol. The first kappa shape index (κ1) is 34.5. The molecule has 0 bridgehead atoms. The van der Waals surface area contributed by atoms with E-state index in [0.717, 1.165) is 0 Å². The lowest BCUT2D eigenvalue weighted by Crippen LogP contribution is -2.69. The van der Waals surface area contributed by atoms with E-state index in [0.29, 0.717) is 25.8 Å². The van der Waals surface area contributed by atoms with Gasteiger partial charge in [-0.1, -0.05) is 13.8 Å². The van der Waals surface area contributed by atoms with E-state index in [2.05, 4.69) is 10.6 Å². The van der Waals surface area contributed by atoms with Gasteiger partial charge in [-0.15, -0.1) is 0 Å². The van der Waals surface area contributed by atoms with Gasteiger partial charge in [0.15, 0.2) is 12.6 Å². The average Bonchev–Trinajstić information content (AvgIpc) is 2.89. The van der Waals surface area contributed by atoms with Gasteiger partial charge in [-0.05, 0) is 52.0 Å². The molecule has 14 nitrogen and oxygen atoms in total. The predicted octanol–water partition coefficient (Wildman–Crippen LogP) is -2.63. The van der Waals surface area contributed by atoms with E-state index < -0.39 is 78.3 Å². The largest absolute Gasteiger partial charge is 0.393 e. The molecule has 0 radical (unpaired) electrons. The Kier molecular flexibility index (Phi) is 11.9. The molecule has 3 aliphatic rings. The van der Waals surface area contributed by atoms with Crippen LogP contribution in [-0.2, 0) is 23.7 Å². The third-order valence-corrected chi connectivity index (χ3v) is 8.98. The fourth-order valence-corrected chi connectivity index (χ4v) is 5.72. The molecule has 14 heteroatoms. The van der Waals surface area contributed by atoms with Crippen LogP contribution in [0.3, 0.4) is 0 Å². The van der Waals surface area contributed by atoms with Crippen LogP contribution in [-0.4, -0.2) is 126 Å². The molecule has 12 N–H and O–H groups in total. The van der Waals surface area contributed by atoms with E-state index in [4.69, 9.17) is 36.1 Å². The van der Waals surface area contributed by atoms with Gasteiger partial charge in [-0.2, -0.15) is 0 Å². The van der Waals surface area contributed by atoms with Crippen molar-refractivity contribution in [1.29, 1.82) is 0 Å². The maximum absolute atomic E-state index is 13.0. The molecule has 240 valence electrons.